The number of hydrogen-bond donors (Lipinski definition) is 0. The van der Waals surface area contributed by atoms with Gasteiger partial charge in [0.15, 0.2) is 12.2 Å². The molecule has 0 radical (unpaired) electrons. The molecule has 1 heterocycles. The fraction of sp³-hybridized carbons (Fsp3) is 0.600. The molecule has 0 aliphatic carbocycles. The number of carbonyl (C=O) groups excluding carboxylic acids is 4. The molecule has 0 aromatic carbocycles. The summed E-state index contributed by atoms with van der Waals surface area (Å²) in [6.07, 6.45) is -0.532. The molecule has 1 aliphatic heterocycles. The van der Waals surface area contributed by atoms with E-state index in [1.165, 1.54) is 0 Å². The van der Waals surface area contributed by atoms with Gasteiger partial charge in [0.25, 0.3) is 0 Å². The van der Waals surface area contributed by atoms with Gasteiger partial charge in [-0.3, -0.25) is 14.4 Å². The van der Waals surface area contributed by atoms with Gasteiger partial charge in [0.1, 0.15) is 12.7 Å². The Morgan fingerprint density at radius 1 is 1.16 bits per heavy atom. The maximum absolute atomic E-state index is 12.4. The van der Waals surface area contributed by atoms with Crippen LogP contribution in [-0.4, -0.2) is 61.9 Å². The van der Waals surface area contributed by atoms with E-state index in [9.17, 15) is 19.2 Å². The summed E-state index contributed by atoms with van der Waals surface area (Å²) < 4.78 is 26.3. The first kappa shape index (κ1) is 26.5. The van der Waals surface area contributed by atoms with Crippen LogP contribution in [0.25, 0.3) is 10.4 Å². The second kappa shape index (κ2) is 12.4. The molecular formula is C20H27N3O9. The zero-order valence-corrected chi connectivity index (χ0v) is 18.8. The zero-order chi connectivity index (χ0) is 24.4. The zero-order valence-electron chi connectivity index (χ0n) is 18.8. The van der Waals surface area contributed by atoms with Gasteiger partial charge in [-0.25, -0.2) is 4.79 Å². The molecule has 0 saturated carbocycles. The Bertz CT molecular complexity index is 845. The van der Waals surface area contributed by atoms with Crippen LogP contribution >= 0.6 is 0 Å². The second-order valence-corrected chi connectivity index (χ2v) is 6.89. The highest BCUT2D eigenvalue weighted by atomic mass is 16.6. The van der Waals surface area contributed by atoms with E-state index >= 15 is 0 Å². The second-order valence-electron chi connectivity index (χ2n) is 6.89. The summed E-state index contributed by atoms with van der Waals surface area (Å²) in [5, 5.41) is 3.79. The minimum atomic E-state index is -1.31. The van der Waals surface area contributed by atoms with Gasteiger partial charge < -0.3 is 23.7 Å². The molecular weight excluding hydrogens is 426 g/mol. The van der Waals surface area contributed by atoms with E-state index in [2.05, 4.69) is 10.0 Å². The molecule has 0 fully saturated rings. The van der Waals surface area contributed by atoms with Crippen LogP contribution in [0.15, 0.2) is 28.6 Å². The molecule has 0 bridgehead atoms. The topological polar surface area (TPSA) is 163 Å². The number of methoxy groups -OCH3 is 1. The average Bonchev–Trinajstić information content (AvgIpc) is 2.71. The maximum Gasteiger partial charge on any atom is 0.373 e. The van der Waals surface area contributed by atoms with Gasteiger partial charge in [0.05, 0.1) is 13.2 Å². The van der Waals surface area contributed by atoms with Crippen LogP contribution < -0.4 is 0 Å². The minimum Gasteiger partial charge on any atom is -0.479 e. The van der Waals surface area contributed by atoms with Gasteiger partial charge in [0.2, 0.25) is 5.76 Å². The molecule has 0 saturated heterocycles. The van der Waals surface area contributed by atoms with Crippen LogP contribution in [0.5, 0.6) is 0 Å². The fourth-order valence-corrected chi connectivity index (χ4v) is 3.27. The predicted molar refractivity (Wildman–Crippen MR) is 109 cm³/mol. The lowest BCUT2D eigenvalue weighted by atomic mass is 9.83. The first-order valence-electron chi connectivity index (χ1n) is 9.71. The lowest BCUT2D eigenvalue weighted by molar-refractivity contribution is -0.189. The van der Waals surface area contributed by atoms with Crippen molar-refractivity contribution in [2.24, 2.45) is 11.0 Å². The Labute approximate surface area is 185 Å². The van der Waals surface area contributed by atoms with Crippen LogP contribution in [0.2, 0.25) is 0 Å². The molecule has 12 nitrogen and oxygen atoms in total. The van der Waals surface area contributed by atoms with Crippen LogP contribution in [-0.2, 0) is 42.9 Å². The van der Waals surface area contributed by atoms with Crippen molar-refractivity contribution in [2.45, 2.75) is 59.0 Å². The first-order chi connectivity index (χ1) is 15.1. The number of hydrogen-bond acceptors (Lipinski definition) is 10. The van der Waals surface area contributed by atoms with Crippen LogP contribution in [0.3, 0.4) is 0 Å². The number of esters is 4. The fourth-order valence-electron chi connectivity index (χ4n) is 3.27. The molecule has 32 heavy (non-hydrogen) atoms. The summed E-state index contributed by atoms with van der Waals surface area (Å²) in [6, 6.07) is -0.909. The third kappa shape index (κ3) is 7.02. The quantitative estimate of drug-likeness (QED) is 0.167. The molecule has 0 aromatic rings. The number of carbonyl (C=O) groups is 4. The molecule has 0 spiro atoms. The Kier molecular flexibility index (Phi) is 10.2. The number of azide groups is 1. The van der Waals surface area contributed by atoms with E-state index in [1.807, 2.05) is 0 Å². The predicted octanol–water partition coefficient (Wildman–Crippen LogP) is 2.13. The van der Waals surface area contributed by atoms with Gasteiger partial charge >= 0.3 is 23.9 Å². The van der Waals surface area contributed by atoms with Crippen molar-refractivity contribution in [3.05, 3.63) is 33.9 Å². The summed E-state index contributed by atoms with van der Waals surface area (Å²) in [5.41, 5.74) is 9.36. The van der Waals surface area contributed by atoms with Crippen LogP contribution in [0, 0.1) is 5.92 Å². The van der Waals surface area contributed by atoms with Crippen molar-refractivity contribution >= 4 is 23.9 Å². The summed E-state index contributed by atoms with van der Waals surface area (Å²) in [7, 11) is 1.15. The van der Waals surface area contributed by atoms with Crippen molar-refractivity contribution in [1.29, 1.82) is 0 Å². The lowest BCUT2D eigenvalue weighted by Gasteiger charge is -2.41. The third-order valence-electron chi connectivity index (χ3n) is 4.50. The monoisotopic (exact) mass is 453 g/mol. The molecule has 0 N–H and O–H groups in total. The molecule has 0 aromatic heterocycles. The van der Waals surface area contributed by atoms with E-state index in [0.717, 1.165) is 27.9 Å². The number of rotatable bonds is 9. The van der Waals surface area contributed by atoms with Gasteiger partial charge in [-0.15, -0.1) is 0 Å². The Hall–Kier alpha value is -3.53. The molecule has 0 unspecified atom stereocenters. The van der Waals surface area contributed by atoms with Gasteiger partial charge in [-0.05, 0) is 12.5 Å². The Morgan fingerprint density at radius 2 is 1.78 bits per heavy atom. The van der Waals surface area contributed by atoms with Crippen molar-refractivity contribution in [3.63, 3.8) is 0 Å². The highest BCUT2D eigenvalue weighted by Gasteiger charge is 2.47. The molecule has 12 heteroatoms. The van der Waals surface area contributed by atoms with Gasteiger partial charge in [0, 0.05) is 37.2 Å². The average molecular weight is 453 g/mol. The molecule has 0 amide bonds. The van der Waals surface area contributed by atoms with Gasteiger partial charge in [-0.2, -0.15) is 0 Å². The van der Waals surface area contributed by atoms with Gasteiger partial charge in [-0.1, -0.05) is 24.2 Å². The Balaban J connectivity index is 3.60. The minimum absolute atomic E-state index is 0.252. The molecule has 5 atom stereocenters. The van der Waals surface area contributed by atoms with Crippen molar-refractivity contribution in [3.8, 4) is 0 Å². The standard InChI is InChI=1S/C20H27N3O9/c1-7-8-14-16(22-23-21)10(2)17(32-18(14)20(27)28-6)19(31-13(5)26)15(30-12(4)25)9-29-11(3)24/h7-8,10,15-17,19H,9H2,1-6H3/b8-7+/t10-,15-,16-,17-,19-/m1/s1. The van der Waals surface area contributed by atoms with Crippen LogP contribution in [0.4, 0.5) is 0 Å². The smallest absolute Gasteiger partial charge is 0.373 e. The molecule has 1 rings (SSSR count). The van der Waals surface area contributed by atoms with E-state index in [0.29, 0.717) is 0 Å². The summed E-state index contributed by atoms with van der Waals surface area (Å²) in [4.78, 5) is 50.1. The third-order valence-corrected chi connectivity index (χ3v) is 4.50. The number of nitrogens with zero attached hydrogens (tertiary/aromatic N) is 3. The van der Waals surface area contributed by atoms with E-state index in [4.69, 9.17) is 29.2 Å². The first-order valence-corrected chi connectivity index (χ1v) is 9.71. The number of allylic oxidation sites excluding steroid dienone is 1. The summed E-state index contributed by atoms with van der Waals surface area (Å²) >= 11 is 0. The van der Waals surface area contributed by atoms with Crippen molar-refractivity contribution in [1.82, 2.24) is 0 Å². The highest BCUT2D eigenvalue weighted by molar-refractivity contribution is 5.88. The highest BCUT2D eigenvalue weighted by Crippen LogP contribution is 2.36. The van der Waals surface area contributed by atoms with Crippen molar-refractivity contribution < 1.29 is 42.9 Å². The summed E-state index contributed by atoms with van der Waals surface area (Å²) in [6.45, 7) is 6.32. The van der Waals surface area contributed by atoms with Crippen molar-refractivity contribution in [2.75, 3.05) is 13.7 Å². The molecule has 1 aliphatic rings. The van der Waals surface area contributed by atoms with E-state index in [1.54, 1.807) is 26.0 Å². The maximum atomic E-state index is 12.4. The Morgan fingerprint density at radius 3 is 2.25 bits per heavy atom. The SMILES string of the molecule is C/C=C/C1=C(C(=O)OC)O[C@@H]([C@H](OC(C)=O)[C@@H](COC(C)=O)OC(C)=O)[C@H](C)[C@H]1N=[N+]=[N-]. The molecule has 176 valence electrons. The van der Waals surface area contributed by atoms with E-state index < -0.39 is 60.8 Å². The number of ether oxygens (including phenoxy) is 5. The largest absolute Gasteiger partial charge is 0.479 e. The normalized spacial score (nSPS) is 22.1. The summed E-state index contributed by atoms with van der Waals surface area (Å²) in [5.74, 6) is -3.89. The van der Waals surface area contributed by atoms with Crippen LogP contribution in [0.1, 0.15) is 34.6 Å². The lowest BCUT2D eigenvalue weighted by Crippen LogP contribution is -2.53. The van der Waals surface area contributed by atoms with E-state index in [-0.39, 0.29) is 11.3 Å².